The standard InChI is InChI=1S/C16H17N7O3/c17-13-1-4-19-15(21-13)14(16(23(24)25)2-7-26-8-3-16)11-9-20-22-6-5-18-10-12(11)22/h1,4-6,9-10,14H,2-3,7-8H2,(H2,17,19,21). The van der Waals surface area contributed by atoms with Crippen LogP contribution in [-0.4, -0.2) is 48.2 Å². The smallest absolute Gasteiger partial charge is 0.240 e. The number of rotatable bonds is 4. The second kappa shape index (κ2) is 6.30. The molecule has 10 nitrogen and oxygen atoms in total. The molecule has 134 valence electrons. The number of fused-ring (bicyclic) bond motifs is 1. The van der Waals surface area contributed by atoms with Crippen molar-refractivity contribution in [3.05, 3.63) is 58.6 Å². The molecule has 1 fully saturated rings. The van der Waals surface area contributed by atoms with Crippen LogP contribution in [0.25, 0.3) is 5.52 Å². The molecule has 0 spiro atoms. The van der Waals surface area contributed by atoms with Gasteiger partial charge in [0.1, 0.15) is 17.6 Å². The fraction of sp³-hybridized carbons (Fsp3) is 0.375. The Hall–Kier alpha value is -3.14. The summed E-state index contributed by atoms with van der Waals surface area (Å²) < 4.78 is 7.02. The van der Waals surface area contributed by atoms with Gasteiger partial charge in [-0.3, -0.25) is 15.1 Å². The van der Waals surface area contributed by atoms with Crippen LogP contribution < -0.4 is 5.73 Å². The highest BCUT2D eigenvalue weighted by molar-refractivity contribution is 5.56. The molecule has 0 aromatic carbocycles. The topological polar surface area (TPSA) is 134 Å². The van der Waals surface area contributed by atoms with Gasteiger partial charge in [0, 0.05) is 41.9 Å². The quantitative estimate of drug-likeness (QED) is 0.542. The molecule has 3 aromatic heterocycles. The molecule has 1 unspecified atom stereocenters. The Kier molecular flexibility index (Phi) is 3.96. The first kappa shape index (κ1) is 16.3. The number of hydrogen-bond acceptors (Lipinski definition) is 8. The minimum absolute atomic E-state index is 0.230. The van der Waals surface area contributed by atoms with Gasteiger partial charge in [0.05, 0.1) is 31.1 Å². The third-order valence-corrected chi connectivity index (χ3v) is 4.88. The summed E-state index contributed by atoms with van der Waals surface area (Å²) in [5.41, 5.74) is 5.86. The molecule has 1 atom stereocenters. The molecule has 10 heteroatoms. The minimum Gasteiger partial charge on any atom is -0.384 e. The second-order valence-corrected chi connectivity index (χ2v) is 6.25. The van der Waals surface area contributed by atoms with Crippen LogP contribution in [0.1, 0.15) is 30.1 Å². The molecule has 1 aliphatic rings. The summed E-state index contributed by atoms with van der Waals surface area (Å²) in [5, 5.41) is 16.5. The van der Waals surface area contributed by atoms with Crippen LogP contribution in [0.2, 0.25) is 0 Å². The average molecular weight is 355 g/mol. The van der Waals surface area contributed by atoms with Gasteiger partial charge in [-0.15, -0.1) is 0 Å². The molecule has 26 heavy (non-hydrogen) atoms. The number of nitrogens with zero attached hydrogens (tertiary/aromatic N) is 6. The lowest BCUT2D eigenvalue weighted by Gasteiger charge is -2.34. The molecule has 0 amide bonds. The Morgan fingerprint density at radius 1 is 1.31 bits per heavy atom. The number of ether oxygens (including phenoxy) is 1. The maximum atomic E-state index is 12.2. The number of anilines is 1. The van der Waals surface area contributed by atoms with Crippen LogP contribution >= 0.6 is 0 Å². The van der Waals surface area contributed by atoms with Crippen molar-refractivity contribution in [3.63, 3.8) is 0 Å². The zero-order valence-corrected chi connectivity index (χ0v) is 13.9. The predicted molar refractivity (Wildman–Crippen MR) is 91.1 cm³/mol. The van der Waals surface area contributed by atoms with E-state index in [4.69, 9.17) is 10.5 Å². The number of nitrogen functional groups attached to an aromatic ring is 1. The Morgan fingerprint density at radius 3 is 2.85 bits per heavy atom. The summed E-state index contributed by atoms with van der Waals surface area (Å²) in [6, 6.07) is 1.56. The van der Waals surface area contributed by atoms with Gasteiger partial charge >= 0.3 is 0 Å². The summed E-state index contributed by atoms with van der Waals surface area (Å²) >= 11 is 0. The lowest BCUT2D eigenvalue weighted by Crippen LogP contribution is -2.49. The predicted octanol–water partition coefficient (Wildman–Crippen LogP) is 1.06. The Balaban J connectivity index is 1.96. The highest BCUT2D eigenvalue weighted by Crippen LogP contribution is 2.43. The first-order chi connectivity index (χ1) is 12.6. The van der Waals surface area contributed by atoms with Crippen LogP contribution in [0, 0.1) is 10.1 Å². The van der Waals surface area contributed by atoms with E-state index >= 15 is 0 Å². The largest absolute Gasteiger partial charge is 0.384 e. The Morgan fingerprint density at radius 2 is 2.12 bits per heavy atom. The summed E-state index contributed by atoms with van der Waals surface area (Å²) in [6.07, 6.45) is 8.57. The molecule has 0 aliphatic carbocycles. The lowest BCUT2D eigenvalue weighted by molar-refractivity contribution is -0.580. The first-order valence-electron chi connectivity index (χ1n) is 8.20. The van der Waals surface area contributed by atoms with E-state index in [-0.39, 0.29) is 23.6 Å². The number of nitrogens with two attached hydrogens (primary N) is 1. The van der Waals surface area contributed by atoms with Crippen molar-refractivity contribution in [2.24, 2.45) is 0 Å². The van der Waals surface area contributed by atoms with Crippen LogP contribution in [0.3, 0.4) is 0 Å². The molecule has 1 aliphatic heterocycles. The van der Waals surface area contributed by atoms with Crippen molar-refractivity contribution in [2.75, 3.05) is 18.9 Å². The normalized spacial score (nSPS) is 17.8. The molecular weight excluding hydrogens is 338 g/mol. The van der Waals surface area contributed by atoms with Gasteiger partial charge in [-0.25, -0.2) is 14.5 Å². The summed E-state index contributed by atoms with van der Waals surface area (Å²) in [5.74, 6) is -0.144. The fourth-order valence-electron chi connectivity index (χ4n) is 3.57. The van der Waals surface area contributed by atoms with Crippen molar-refractivity contribution in [1.82, 2.24) is 24.6 Å². The Bertz CT molecular complexity index is 952. The van der Waals surface area contributed by atoms with Crippen LogP contribution in [0.15, 0.2) is 37.1 Å². The molecule has 0 saturated carbocycles. The van der Waals surface area contributed by atoms with Crippen molar-refractivity contribution in [3.8, 4) is 0 Å². The summed E-state index contributed by atoms with van der Waals surface area (Å²) in [4.78, 5) is 24.7. The zero-order chi connectivity index (χ0) is 18.1. The van der Waals surface area contributed by atoms with Gasteiger partial charge in [-0.1, -0.05) is 0 Å². The zero-order valence-electron chi connectivity index (χ0n) is 13.9. The van der Waals surface area contributed by atoms with Crippen molar-refractivity contribution in [2.45, 2.75) is 24.3 Å². The Labute approximate surface area is 148 Å². The van der Waals surface area contributed by atoms with E-state index < -0.39 is 11.5 Å². The average Bonchev–Trinajstić information content (AvgIpc) is 3.07. The highest BCUT2D eigenvalue weighted by atomic mass is 16.6. The lowest BCUT2D eigenvalue weighted by atomic mass is 9.74. The van der Waals surface area contributed by atoms with E-state index in [1.54, 1.807) is 35.4 Å². The van der Waals surface area contributed by atoms with Crippen LogP contribution in [0.5, 0.6) is 0 Å². The van der Waals surface area contributed by atoms with Crippen LogP contribution in [0.4, 0.5) is 5.82 Å². The van der Waals surface area contributed by atoms with Gasteiger partial charge in [0.2, 0.25) is 5.54 Å². The van der Waals surface area contributed by atoms with Gasteiger partial charge in [0.15, 0.2) is 0 Å². The van der Waals surface area contributed by atoms with Gasteiger partial charge in [-0.05, 0) is 6.07 Å². The SMILES string of the molecule is Nc1ccnc(C(c2cnn3ccncc23)C2([N+](=O)[O-])CCOCC2)n1. The molecular formula is C16H17N7O3. The molecule has 1 saturated heterocycles. The fourth-order valence-corrected chi connectivity index (χ4v) is 3.57. The highest BCUT2D eigenvalue weighted by Gasteiger charge is 2.55. The molecule has 3 aromatic rings. The van der Waals surface area contributed by atoms with E-state index in [1.807, 2.05) is 0 Å². The van der Waals surface area contributed by atoms with Gasteiger partial charge < -0.3 is 10.5 Å². The number of aromatic nitrogens is 5. The maximum absolute atomic E-state index is 12.2. The van der Waals surface area contributed by atoms with Gasteiger partial charge in [-0.2, -0.15) is 5.10 Å². The molecule has 4 rings (SSSR count). The van der Waals surface area contributed by atoms with Crippen molar-refractivity contribution < 1.29 is 9.66 Å². The minimum atomic E-state index is -1.30. The molecule has 0 radical (unpaired) electrons. The first-order valence-corrected chi connectivity index (χ1v) is 8.20. The molecule has 2 N–H and O–H groups in total. The van der Waals surface area contributed by atoms with Crippen molar-refractivity contribution in [1.29, 1.82) is 0 Å². The number of nitro groups is 1. The van der Waals surface area contributed by atoms with E-state index in [1.165, 1.54) is 6.20 Å². The third-order valence-electron chi connectivity index (χ3n) is 4.88. The van der Waals surface area contributed by atoms with E-state index in [9.17, 15) is 10.1 Å². The van der Waals surface area contributed by atoms with E-state index in [0.717, 1.165) is 0 Å². The van der Waals surface area contributed by atoms with E-state index in [0.29, 0.717) is 30.1 Å². The third kappa shape index (κ3) is 2.54. The monoisotopic (exact) mass is 355 g/mol. The molecule has 0 bridgehead atoms. The van der Waals surface area contributed by atoms with E-state index in [2.05, 4.69) is 20.1 Å². The summed E-state index contributed by atoms with van der Waals surface area (Å²) in [7, 11) is 0. The second-order valence-electron chi connectivity index (χ2n) is 6.25. The molecule has 4 heterocycles. The van der Waals surface area contributed by atoms with Crippen molar-refractivity contribution >= 4 is 11.3 Å². The van der Waals surface area contributed by atoms with Crippen LogP contribution in [-0.2, 0) is 4.74 Å². The summed E-state index contributed by atoms with van der Waals surface area (Å²) in [6.45, 7) is 0.606. The van der Waals surface area contributed by atoms with Gasteiger partial charge in [0.25, 0.3) is 0 Å². The number of hydrogen-bond donors (Lipinski definition) is 1. The maximum Gasteiger partial charge on any atom is 0.240 e.